The zero-order valence-corrected chi connectivity index (χ0v) is 18.5. The lowest BCUT2D eigenvalue weighted by Crippen LogP contribution is -2.31. The van der Waals surface area contributed by atoms with Crippen molar-refractivity contribution in [2.45, 2.75) is 13.0 Å². The number of thiophene rings is 1. The van der Waals surface area contributed by atoms with E-state index in [0.29, 0.717) is 27.0 Å². The van der Waals surface area contributed by atoms with Crippen molar-refractivity contribution in [2.24, 2.45) is 0 Å². The highest BCUT2D eigenvalue weighted by Gasteiger charge is 2.21. The number of hydrogen-bond donors (Lipinski definition) is 1. The molecule has 0 radical (unpaired) electrons. The minimum atomic E-state index is -0.814. The maximum absolute atomic E-state index is 13.3. The summed E-state index contributed by atoms with van der Waals surface area (Å²) in [6, 6.07) is 12.4. The van der Waals surface area contributed by atoms with Gasteiger partial charge in [-0.15, -0.1) is 11.3 Å². The fraction of sp³-hybridized carbons (Fsp3) is 0.0952. The summed E-state index contributed by atoms with van der Waals surface area (Å²) in [4.78, 5) is 41.4. The van der Waals surface area contributed by atoms with Gasteiger partial charge in [-0.1, -0.05) is 28.1 Å². The number of nitrogens with one attached hydrogen (secondary N) is 1. The highest BCUT2D eigenvalue weighted by molar-refractivity contribution is 9.10. The van der Waals surface area contributed by atoms with Crippen LogP contribution in [0, 0.1) is 10.1 Å². The van der Waals surface area contributed by atoms with Gasteiger partial charge in [0.1, 0.15) is 10.9 Å². The zero-order chi connectivity index (χ0) is 22.1. The Labute approximate surface area is 188 Å². The molecule has 4 rings (SSSR count). The second-order valence-corrected chi connectivity index (χ2v) is 8.54. The molecular weight excluding hydrogens is 484 g/mol. The van der Waals surface area contributed by atoms with Crippen LogP contribution in [0.15, 0.2) is 69.5 Å². The fourth-order valence-electron chi connectivity index (χ4n) is 3.13. The summed E-state index contributed by atoms with van der Waals surface area (Å²) in [7, 11) is 0. The maximum Gasteiger partial charge on any atom is 0.270 e. The van der Waals surface area contributed by atoms with Gasteiger partial charge in [-0.3, -0.25) is 24.3 Å². The van der Waals surface area contributed by atoms with Crippen molar-refractivity contribution in [3.05, 3.63) is 85.2 Å². The molecule has 0 aliphatic rings. The van der Waals surface area contributed by atoms with Crippen molar-refractivity contribution < 1.29 is 9.72 Å². The van der Waals surface area contributed by atoms with E-state index in [2.05, 4.69) is 26.2 Å². The SMILES string of the molecule is CC(C(=O)Nc1ccc(Br)cc1)n1cnc2scc(-c3cccc([N+](=O)[O-])c3)c2c1=O. The molecule has 0 bridgehead atoms. The number of aromatic nitrogens is 2. The minimum Gasteiger partial charge on any atom is -0.324 e. The van der Waals surface area contributed by atoms with Gasteiger partial charge in [-0.05, 0) is 36.8 Å². The van der Waals surface area contributed by atoms with Gasteiger partial charge < -0.3 is 5.32 Å². The topological polar surface area (TPSA) is 107 Å². The number of nitro benzene ring substituents is 1. The van der Waals surface area contributed by atoms with E-state index < -0.39 is 11.0 Å². The normalized spacial score (nSPS) is 11.9. The number of non-ortho nitro benzene ring substituents is 1. The predicted molar refractivity (Wildman–Crippen MR) is 123 cm³/mol. The summed E-state index contributed by atoms with van der Waals surface area (Å²) < 4.78 is 2.15. The number of carbonyl (C=O) groups excluding carboxylic acids is 1. The van der Waals surface area contributed by atoms with Gasteiger partial charge in [0.25, 0.3) is 11.2 Å². The van der Waals surface area contributed by atoms with Gasteiger partial charge in [0.2, 0.25) is 5.91 Å². The van der Waals surface area contributed by atoms with Crippen LogP contribution in [0.1, 0.15) is 13.0 Å². The number of anilines is 1. The van der Waals surface area contributed by atoms with E-state index in [9.17, 15) is 19.7 Å². The van der Waals surface area contributed by atoms with Gasteiger partial charge in [-0.25, -0.2) is 4.98 Å². The number of nitrogens with zero attached hydrogens (tertiary/aromatic N) is 3. The highest BCUT2D eigenvalue weighted by Crippen LogP contribution is 2.32. The number of rotatable bonds is 5. The molecule has 0 saturated heterocycles. The Balaban J connectivity index is 1.72. The van der Waals surface area contributed by atoms with Crippen LogP contribution in [-0.4, -0.2) is 20.4 Å². The smallest absolute Gasteiger partial charge is 0.270 e. The van der Waals surface area contributed by atoms with E-state index in [1.165, 1.54) is 34.4 Å². The number of hydrogen-bond acceptors (Lipinski definition) is 6. The van der Waals surface area contributed by atoms with Crippen molar-refractivity contribution in [1.82, 2.24) is 9.55 Å². The number of fused-ring (bicyclic) bond motifs is 1. The average Bonchev–Trinajstić information content (AvgIpc) is 3.20. The lowest BCUT2D eigenvalue weighted by Gasteiger charge is -2.15. The highest BCUT2D eigenvalue weighted by atomic mass is 79.9. The molecule has 2 aromatic heterocycles. The van der Waals surface area contributed by atoms with E-state index in [0.717, 1.165) is 4.47 Å². The van der Waals surface area contributed by atoms with Gasteiger partial charge in [-0.2, -0.15) is 0 Å². The Morgan fingerprint density at radius 2 is 2.00 bits per heavy atom. The Hall–Kier alpha value is -3.37. The summed E-state index contributed by atoms with van der Waals surface area (Å²) in [6.07, 6.45) is 1.35. The molecule has 0 aliphatic carbocycles. The average molecular weight is 499 g/mol. The van der Waals surface area contributed by atoms with E-state index in [1.54, 1.807) is 48.7 Å². The Morgan fingerprint density at radius 3 is 2.71 bits per heavy atom. The van der Waals surface area contributed by atoms with Crippen molar-refractivity contribution in [3.63, 3.8) is 0 Å². The number of benzene rings is 2. The van der Waals surface area contributed by atoms with Crippen molar-refractivity contribution >= 4 is 54.8 Å². The third kappa shape index (κ3) is 4.12. The number of nitro groups is 1. The fourth-order valence-corrected chi connectivity index (χ4v) is 4.30. The largest absolute Gasteiger partial charge is 0.324 e. The Morgan fingerprint density at radius 1 is 1.26 bits per heavy atom. The molecule has 156 valence electrons. The Kier molecular flexibility index (Phi) is 5.66. The second kappa shape index (κ2) is 8.40. The van der Waals surface area contributed by atoms with Crippen LogP contribution < -0.4 is 10.9 Å². The van der Waals surface area contributed by atoms with Crippen LogP contribution in [0.3, 0.4) is 0 Å². The molecule has 8 nitrogen and oxygen atoms in total. The minimum absolute atomic E-state index is 0.0664. The molecule has 0 fully saturated rings. The summed E-state index contributed by atoms with van der Waals surface area (Å²) >= 11 is 4.61. The molecule has 1 unspecified atom stereocenters. The summed E-state index contributed by atoms with van der Waals surface area (Å²) in [5.41, 5.74) is 1.25. The molecule has 1 amide bonds. The first-order valence-corrected chi connectivity index (χ1v) is 10.8. The quantitative estimate of drug-likeness (QED) is 0.307. The predicted octanol–water partition coefficient (Wildman–Crippen LogP) is 5.00. The molecule has 1 atom stereocenters. The first-order chi connectivity index (χ1) is 14.8. The zero-order valence-electron chi connectivity index (χ0n) is 16.1. The van der Waals surface area contributed by atoms with E-state index >= 15 is 0 Å². The van der Waals surface area contributed by atoms with Crippen LogP contribution in [-0.2, 0) is 4.79 Å². The number of halogens is 1. The second-order valence-electron chi connectivity index (χ2n) is 6.77. The van der Waals surface area contributed by atoms with Crippen LogP contribution in [0.4, 0.5) is 11.4 Å². The molecule has 4 aromatic rings. The van der Waals surface area contributed by atoms with Gasteiger partial charge in [0.15, 0.2) is 0 Å². The first-order valence-electron chi connectivity index (χ1n) is 9.15. The molecule has 2 aromatic carbocycles. The maximum atomic E-state index is 13.3. The molecule has 31 heavy (non-hydrogen) atoms. The van der Waals surface area contributed by atoms with Crippen LogP contribution in [0.5, 0.6) is 0 Å². The molecule has 0 spiro atoms. The molecular formula is C21H15BrN4O4S. The van der Waals surface area contributed by atoms with E-state index in [-0.39, 0.29) is 17.2 Å². The number of amides is 1. The van der Waals surface area contributed by atoms with Crippen molar-refractivity contribution in [2.75, 3.05) is 5.32 Å². The lowest BCUT2D eigenvalue weighted by molar-refractivity contribution is -0.384. The van der Waals surface area contributed by atoms with Gasteiger partial charge in [0.05, 0.1) is 16.6 Å². The third-order valence-corrected chi connectivity index (χ3v) is 6.21. The van der Waals surface area contributed by atoms with Crippen molar-refractivity contribution in [1.29, 1.82) is 0 Å². The molecule has 1 N–H and O–H groups in total. The van der Waals surface area contributed by atoms with E-state index in [1.807, 2.05) is 0 Å². The first kappa shape index (κ1) is 20.9. The summed E-state index contributed by atoms with van der Waals surface area (Å²) in [6.45, 7) is 1.61. The van der Waals surface area contributed by atoms with E-state index in [4.69, 9.17) is 0 Å². The van der Waals surface area contributed by atoms with Crippen LogP contribution in [0.25, 0.3) is 21.3 Å². The van der Waals surface area contributed by atoms with Gasteiger partial charge in [0, 0.05) is 33.2 Å². The molecule has 2 heterocycles. The Bertz CT molecular complexity index is 1360. The third-order valence-electron chi connectivity index (χ3n) is 4.80. The standard InChI is InChI=1S/C21H15BrN4O4S/c1-12(19(27)24-15-7-5-14(22)6-8-15)25-11-23-20-18(21(25)28)17(10-31-20)13-3-2-4-16(9-13)26(29)30/h2-12H,1H3,(H,24,27). The molecule has 10 heteroatoms. The summed E-state index contributed by atoms with van der Waals surface area (Å²) in [5.74, 6) is -0.363. The number of carbonyl (C=O) groups is 1. The summed E-state index contributed by atoms with van der Waals surface area (Å²) in [5, 5.41) is 16.0. The van der Waals surface area contributed by atoms with Crippen LogP contribution >= 0.6 is 27.3 Å². The van der Waals surface area contributed by atoms with Crippen LogP contribution in [0.2, 0.25) is 0 Å². The van der Waals surface area contributed by atoms with Crippen molar-refractivity contribution in [3.8, 4) is 11.1 Å². The lowest BCUT2D eigenvalue weighted by atomic mass is 10.1. The monoisotopic (exact) mass is 498 g/mol. The molecule has 0 aliphatic heterocycles. The molecule has 0 saturated carbocycles. The van der Waals surface area contributed by atoms with Gasteiger partial charge >= 0.3 is 0 Å².